The summed E-state index contributed by atoms with van der Waals surface area (Å²) >= 11 is 0. The van der Waals surface area contributed by atoms with E-state index in [1.165, 1.54) is 5.56 Å². The summed E-state index contributed by atoms with van der Waals surface area (Å²) < 4.78 is 11.0. The number of rotatable bonds is 5. The van der Waals surface area contributed by atoms with E-state index in [9.17, 15) is 4.79 Å². The van der Waals surface area contributed by atoms with Crippen LogP contribution in [0.3, 0.4) is 0 Å². The van der Waals surface area contributed by atoms with Gasteiger partial charge < -0.3 is 9.47 Å². The first kappa shape index (κ1) is 15.5. The van der Waals surface area contributed by atoms with Gasteiger partial charge in [0.2, 0.25) is 0 Å². The van der Waals surface area contributed by atoms with Gasteiger partial charge in [-0.15, -0.1) is 0 Å². The van der Waals surface area contributed by atoms with Crippen molar-refractivity contribution >= 4 is 5.97 Å². The number of likely N-dealkylation sites (tertiary alicyclic amines) is 1. The van der Waals surface area contributed by atoms with Crippen LogP contribution in [0.4, 0.5) is 0 Å². The first-order valence-corrected chi connectivity index (χ1v) is 8.19. The van der Waals surface area contributed by atoms with Crippen LogP contribution in [0.25, 0.3) is 0 Å². The summed E-state index contributed by atoms with van der Waals surface area (Å²) in [6, 6.07) is 10.8. The minimum atomic E-state index is -0.182. The van der Waals surface area contributed by atoms with Crippen LogP contribution < -0.4 is 0 Å². The third-order valence-corrected chi connectivity index (χ3v) is 5.23. The number of benzene rings is 1. The molecular weight excluding hydrogens is 278 g/mol. The fourth-order valence-electron chi connectivity index (χ4n) is 4.28. The van der Waals surface area contributed by atoms with E-state index in [0.717, 1.165) is 12.8 Å². The van der Waals surface area contributed by atoms with Crippen LogP contribution in [0.2, 0.25) is 0 Å². The van der Waals surface area contributed by atoms with Gasteiger partial charge in [0.1, 0.15) is 6.04 Å². The van der Waals surface area contributed by atoms with Gasteiger partial charge in [0.15, 0.2) is 0 Å². The average Bonchev–Trinajstić information content (AvgIpc) is 3.12. The molecule has 0 amide bonds. The molecule has 1 saturated heterocycles. The predicted molar refractivity (Wildman–Crippen MR) is 84.4 cm³/mol. The van der Waals surface area contributed by atoms with Gasteiger partial charge in [-0.05, 0) is 32.3 Å². The van der Waals surface area contributed by atoms with Crippen LogP contribution in [0.5, 0.6) is 0 Å². The number of carbonyl (C=O) groups excluding carboxylic acids is 1. The van der Waals surface area contributed by atoms with Crippen LogP contribution in [0.15, 0.2) is 30.3 Å². The highest BCUT2D eigenvalue weighted by atomic mass is 16.5. The summed E-state index contributed by atoms with van der Waals surface area (Å²) in [5.41, 5.74) is 1.25. The zero-order chi connectivity index (χ0) is 15.7. The van der Waals surface area contributed by atoms with E-state index < -0.39 is 0 Å². The zero-order valence-corrected chi connectivity index (χ0v) is 13.6. The highest BCUT2D eigenvalue weighted by Gasteiger charge is 2.56. The van der Waals surface area contributed by atoms with Crippen LogP contribution >= 0.6 is 0 Å². The van der Waals surface area contributed by atoms with E-state index in [0.29, 0.717) is 12.6 Å². The summed E-state index contributed by atoms with van der Waals surface area (Å²) in [5.74, 6) is 0.153. The lowest BCUT2D eigenvalue weighted by Crippen LogP contribution is -2.51. The van der Waals surface area contributed by atoms with Crippen LogP contribution in [0.1, 0.15) is 38.3 Å². The lowest BCUT2D eigenvalue weighted by atomic mass is 9.93. The second kappa shape index (κ2) is 6.39. The molecule has 1 aromatic carbocycles. The first-order valence-electron chi connectivity index (χ1n) is 8.19. The lowest BCUT2D eigenvalue weighted by Gasteiger charge is -2.40. The van der Waals surface area contributed by atoms with Gasteiger partial charge in [0.05, 0.1) is 12.7 Å². The summed E-state index contributed by atoms with van der Waals surface area (Å²) in [6.45, 7) is 4.48. The van der Waals surface area contributed by atoms with Crippen molar-refractivity contribution in [2.24, 2.45) is 5.92 Å². The van der Waals surface area contributed by atoms with Gasteiger partial charge >= 0.3 is 5.97 Å². The number of ether oxygens (including phenoxy) is 2. The third-order valence-electron chi connectivity index (χ3n) is 5.23. The second-order valence-electron chi connectivity index (χ2n) is 6.29. The van der Waals surface area contributed by atoms with Gasteiger partial charge in [0, 0.05) is 25.1 Å². The molecule has 2 bridgehead atoms. The first-order chi connectivity index (χ1) is 10.7. The van der Waals surface area contributed by atoms with E-state index in [-0.39, 0.29) is 30.1 Å². The Labute approximate surface area is 132 Å². The molecule has 5 atom stereocenters. The van der Waals surface area contributed by atoms with Crippen molar-refractivity contribution in [3.8, 4) is 0 Å². The maximum absolute atomic E-state index is 12.5. The number of esters is 1. The molecule has 2 fully saturated rings. The smallest absolute Gasteiger partial charge is 0.323 e. The molecular formula is C18H25NO3. The monoisotopic (exact) mass is 303 g/mol. The topological polar surface area (TPSA) is 38.8 Å². The molecule has 22 heavy (non-hydrogen) atoms. The standard InChI is InChI=1S/C18H25NO3/c1-4-22-18(20)17-15-10-14(11-16(15)21-3)19(17)12(2)13-8-6-5-7-9-13/h5-9,12,14-17H,4,10-11H2,1-3H3/t12-,14+,15-,16?,17+/m1/s1. The Hall–Kier alpha value is -1.39. The van der Waals surface area contributed by atoms with Crippen molar-refractivity contribution in [3.05, 3.63) is 35.9 Å². The molecule has 1 aliphatic heterocycles. The highest BCUT2D eigenvalue weighted by molar-refractivity contribution is 5.77. The van der Waals surface area contributed by atoms with E-state index >= 15 is 0 Å². The molecule has 1 unspecified atom stereocenters. The number of nitrogens with zero attached hydrogens (tertiary/aromatic N) is 1. The van der Waals surface area contributed by atoms with Gasteiger partial charge in [-0.1, -0.05) is 30.3 Å². The largest absolute Gasteiger partial charge is 0.465 e. The van der Waals surface area contributed by atoms with Crippen LogP contribution in [-0.2, 0) is 14.3 Å². The van der Waals surface area contributed by atoms with Gasteiger partial charge in [-0.25, -0.2) is 0 Å². The molecule has 120 valence electrons. The fourth-order valence-corrected chi connectivity index (χ4v) is 4.28. The second-order valence-corrected chi connectivity index (χ2v) is 6.29. The number of piperidine rings is 1. The quantitative estimate of drug-likeness (QED) is 0.784. The van der Waals surface area contributed by atoms with Crippen molar-refractivity contribution in [1.29, 1.82) is 0 Å². The van der Waals surface area contributed by atoms with E-state index in [4.69, 9.17) is 9.47 Å². The van der Waals surface area contributed by atoms with Gasteiger partial charge in [-0.2, -0.15) is 0 Å². The van der Waals surface area contributed by atoms with Crippen molar-refractivity contribution < 1.29 is 14.3 Å². The fraction of sp³-hybridized carbons (Fsp3) is 0.611. The Bertz CT molecular complexity index is 518. The Kier molecular flexibility index (Phi) is 4.50. The molecule has 4 heteroatoms. The molecule has 0 radical (unpaired) electrons. The molecule has 1 saturated carbocycles. The van der Waals surface area contributed by atoms with Gasteiger partial charge in [0.25, 0.3) is 0 Å². The Morgan fingerprint density at radius 1 is 1.32 bits per heavy atom. The lowest BCUT2D eigenvalue weighted by molar-refractivity contribution is -0.155. The van der Waals surface area contributed by atoms with Crippen LogP contribution in [-0.4, -0.2) is 42.8 Å². The maximum atomic E-state index is 12.5. The Morgan fingerprint density at radius 2 is 2.05 bits per heavy atom. The van der Waals surface area contributed by atoms with Crippen molar-refractivity contribution in [2.75, 3.05) is 13.7 Å². The molecule has 1 aliphatic carbocycles. The summed E-state index contributed by atoms with van der Waals surface area (Å²) in [7, 11) is 1.75. The molecule has 1 aromatic rings. The summed E-state index contributed by atoms with van der Waals surface area (Å²) in [4.78, 5) is 14.9. The van der Waals surface area contributed by atoms with E-state index in [2.05, 4.69) is 36.1 Å². The minimum Gasteiger partial charge on any atom is -0.465 e. The molecule has 0 spiro atoms. The SMILES string of the molecule is CCOC(=O)[C@@H]1[C@@H]2C[C@@H](CC2OC)N1[C@H](C)c1ccccc1. The highest BCUT2D eigenvalue weighted by Crippen LogP contribution is 2.48. The number of carbonyl (C=O) groups is 1. The van der Waals surface area contributed by atoms with Crippen molar-refractivity contribution in [3.63, 3.8) is 0 Å². The molecule has 2 aliphatic rings. The van der Waals surface area contributed by atoms with Crippen molar-refractivity contribution in [2.45, 2.75) is 50.9 Å². The minimum absolute atomic E-state index is 0.0977. The average molecular weight is 303 g/mol. The molecule has 0 aromatic heterocycles. The molecule has 3 rings (SSSR count). The predicted octanol–water partition coefficient (Wildman–Crippen LogP) is 2.79. The van der Waals surface area contributed by atoms with Gasteiger partial charge in [-0.3, -0.25) is 9.69 Å². The van der Waals surface area contributed by atoms with Crippen LogP contribution in [0, 0.1) is 5.92 Å². The maximum Gasteiger partial charge on any atom is 0.323 e. The number of hydrogen-bond donors (Lipinski definition) is 0. The molecule has 1 heterocycles. The summed E-state index contributed by atoms with van der Waals surface area (Å²) in [6.07, 6.45) is 2.21. The number of hydrogen-bond acceptors (Lipinski definition) is 4. The number of fused-ring (bicyclic) bond motifs is 2. The Balaban J connectivity index is 1.87. The third kappa shape index (κ3) is 2.55. The zero-order valence-electron chi connectivity index (χ0n) is 13.6. The summed E-state index contributed by atoms with van der Waals surface area (Å²) in [5, 5.41) is 0. The Morgan fingerprint density at radius 3 is 2.68 bits per heavy atom. The molecule has 4 nitrogen and oxygen atoms in total. The normalized spacial score (nSPS) is 32.1. The van der Waals surface area contributed by atoms with E-state index in [1.807, 2.05) is 13.0 Å². The van der Waals surface area contributed by atoms with E-state index in [1.54, 1.807) is 7.11 Å². The number of methoxy groups -OCH3 is 1. The molecule has 0 N–H and O–H groups in total. The van der Waals surface area contributed by atoms with Crippen molar-refractivity contribution in [1.82, 2.24) is 4.90 Å².